The van der Waals surface area contributed by atoms with Gasteiger partial charge in [0, 0.05) is 32.8 Å². The summed E-state index contributed by atoms with van der Waals surface area (Å²) in [6, 6.07) is 3.18. The molecule has 2 saturated heterocycles. The van der Waals surface area contributed by atoms with Crippen LogP contribution in [0.5, 0.6) is 0 Å². The second-order valence-electron chi connectivity index (χ2n) is 7.18. The van der Waals surface area contributed by atoms with Crippen molar-refractivity contribution < 1.29 is 23.1 Å². The maximum absolute atomic E-state index is 14.1. The van der Waals surface area contributed by atoms with E-state index in [1.165, 1.54) is 11.2 Å². The highest BCUT2D eigenvalue weighted by molar-refractivity contribution is 5.91. The van der Waals surface area contributed by atoms with Crippen LogP contribution in [-0.4, -0.2) is 63.5 Å². The van der Waals surface area contributed by atoms with Crippen LogP contribution in [-0.2, 0) is 16.1 Å². The van der Waals surface area contributed by atoms with Crippen LogP contribution in [0.1, 0.15) is 29.6 Å². The van der Waals surface area contributed by atoms with E-state index in [9.17, 15) is 23.6 Å². The summed E-state index contributed by atoms with van der Waals surface area (Å²) < 4.78 is 26.2. The average Bonchev–Trinajstić information content (AvgIpc) is 3.47. The van der Waals surface area contributed by atoms with Crippen LogP contribution < -0.4 is 11.2 Å². The molecule has 0 spiro atoms. The van der Waals surface area contributed by atoms with Crippen molar-refractivity contribution in [2.24, 2.45) is 0 Å². The van der Waals surface area contributed by atoms with Crippen LogP contribution in [0.15, 0.2) is 38.6 Å². The lowest BCUT2D eigenvalue weighted by atomic mass is 10.2. The number of ether oxygens (including phenoxy) is 1. The lowest BCUT2D eigenvalue weighted by molar-refractivity contribution is -0.133. The first-order chi connectivity index (χ1) is 14.5. The summed E-state index contributed by atoms with van der Waals surface area (Å²) in [6.45, 7) is 0.892. The predicted molar refractivity (Wildman–Crippen MR) is 100 cm³/mol. The van der Waals surface area contributed by atoms with Crippen LogP contribution in [0.2, 0.25) is 0 Å². The Labute approximate surface area is 170 Å². The van der Waals surface area contributed by atoms with Crippen LogP contribution in [0.25, 0.3) is 0 Å². The Morgan fingerprint density at radius 1 is 1.13 bits per heavy atom. The molecule has 0 radical (unpaired) electrons. The van der Waals surface area contributed by atoms with E-state index in [4.69, 9.17) is 9.15 Å². The minimum absolute atomic E-state index is 0.218. The van der Waals surface area contributed by atoms with Crippen molar-refractivity contribution in [2.75, 3.05) is 32.8 Å². The van der Waals surface area contributed by atoms with Gasteiger partial charge in [-0.25, -0.2) is 9.36 Å². The number of carbonyl (C=O) groups excluding carboxylic acids is 2. The zero-order valence-electron chi connectivity index (χ0n) is 16.2. The Kier molecular flexibility index (Phi) is 5.53. The Balaban J connectivity index is 1.45. The molecule has 10 nitrogen and oxygen atoms in total. The molecular formula is C19H21FN4O6. The summed E-state index contributed by atoms with van der Waals surface area (Å²) in [5.74, 6) is -1.67. The molecule has 160 valence electrons. The molecule has 2 amide bonds. The van der Waals surface area contributed by atoms with Crippen molar-refractivity contribution in [3.8, 4) is 0 Å². The maximum Gasteiger partial charge on any atom is 0.333 e. The van der Waals surface area contributed by atoms with Gasteiger partial charge in [0.1, 0.15) is 12.8 Å². The van der Waals surface area contributed by atoms with E-state index in [1.54, 1.807) is 17.0 Å². The number of furan rings is 1. The molecule has 2 aliphatic heterocycles. The largest absolute Gasteiger partial charge is 0.459 e. The van der Waals surface area contributed by atoms with Gasteiger partial charge in [0.05, 0.1) is 12.5 Å². The third-order valence-corrected chi connectivity index (χ3v) is 5.31. The molecule has 1 atom stereocenters. The molecule has 0 bridgehead atoms. The number of piperazine rings is 1. The van der Waals surface area contributed by atoms with Crippen molar-refractivity contribution in [1.82, 2.24) is 18.9 Å². The third kappa shape index (κ3) is 3.80. The average molecular weight is 420 g/mol. The van der Waals surface area contributed by atoms with Gasteiger partial charge in [-0.05, 0) is 25.0 Å². The van der Waals surface area contributed by atoms with Gasteiger partial charge in [-0.1, -0.05) is 0 Å². The number of rotatable bonds is 4. The molecule has 11 heteroatoms. The summed E-state index contributed by atoms with van der Waals surface area (Å²) >= 11 is 0. The Morgan fingerprint density at radius 3 is 2.50 bits per heavy atom. The van der Waals surface area contributed by atoms with Gasteiger partial charge in [0.25, 0.3) is 11.5 Å². The fraction of sp³-hybridized carbons (Fsp3) is 0.474. The van der Waals surface area contributed by atoms with E-state index in [0.717, 1.165) is 17.2 Å². The number of hydrogen-bond acceptors (Lipinski definition) is 6. The molecule has 0 aliphatic carbocycles. The first-order valence-electron chi connectivity index (χ1n) is 9.69. The van der Waals surface area contributed by atoms with Gasteiger partial charge in [0.2, 0.25) is 11.7 Å². The van der Waals surface area contributed by atoms with Gasteiger partial charge >= 0.3 is 5.69 Å². The first kappa shape index (κ1) is 20.1. The smallest absolute Gasteiger partial charge is 0.333 e. The fourth-order valence-corrected chi connectivity index (χ4v) is 3.66. The number of hydrogen-bond donors (Lipinski definition) is 0. The Morgan fingerprint density at radius 2 is 1.87 bits per heavy atom. The zero-order chi connectivity index (χ0) is 21.3. The molecule has 2 aliphatic rings. The third-order valence-electron chi connectivity index (χ3n) is 5.31. The Hall–Kier alpha value is -3.21. The topological polar surface area (TPSA) is 107 Å². The van der Waals surface area contributed by atoms with Crippen molar-refractivity contribution in [2.45, 2.75) is 25.6 Å². The number of carbonyl (C=O) groups is 2. The molecule has 2 aromatic rings. The predicted octanol–water partition coefficient (Wildman–Crippen LogP) is 0.0357. The molecule has 30 heavy (non-hydrogen) atoms. The second-order valence-corrected chi connectivity index (χ2v) is 7.18. The molecule has 1 unspecified atom stereocenters. The lowest BCUT2D eigenvalue weighted by Gasteiger charge is -2.34. The molecule has 4 heterocycles. The lowest BCUT2D eigenvalue weighted by Crippen LogP contribution is -2.53. The van der Waals surface area contributed by atoms with Gasteiger partial charge in [-0.3, -0.25) is 19.0 Å². The van der Waals surface area contributed by atoms with E-state index >= 15 is 0 Å². The highest BCUT2D eigenvalue weighted by Gasteiger charge is 2.28. The van der Waals surface area contributed by atoms with Gasteiger partial charge in [0.15, 0.2) is 5.76 Å². The molecule has 0 aromatic carbocycles. The number of halogens is 1. The van der Waals surface area contributed by atoms with Crippen molar-refractivity contribution in [1.29, 1.82) is 0 Å². The number of amides is 2. The van der Waals surface area contributed by atoms with Crippen LogP contribution in [0.4, 0.5) is 4.39 Å². The second kappa shape index (κ2) is 8.27. The van der Waals surface area contributed by atoms with Gasteiger partial charge in [-0.15, -0.1) is 0 Å². The molecule has 4 rings (SSSR count). The SMILES string of the molecule is O=C(Cn1c(=O)c(F)cn(C2CCCO2)c1=O)N1CCN(C(=O)c2ccco2)CC1. The molecule has 2 fully saturated rings. The molecular weight excluding hydrogens is 399 g/mol. The van der Waals surface area contributed by atoms with Crippen molar-refractivity contribution in [3.05, 3.63) is 57.0 Å². The fourth-order valence-electron chi connectivity index (χ4n) is 3.66. The molecule has 2 aromatic heterocycles. The Bertz CT molecular complexity index is 1050. The highest BCUT2D eigenvalue weighted by Crippen LogP contribution is 2.20. The zero-order valence-corrected chi connectivity index (χ0v) is 16.2. The van der Waals surface area contributed by atoms with Gasteiger partial charge < -0.3 is 19.0 Å². The quantitative estimate of drug-likeness (QED) is 0.691. The number of aromatic nitrogens is 2. The van der Waals surface area contributed by atoms with E-state index in [1.807, 2.05) is 0 Å². The standard InChI is InChI=1S/C19H21FN4O6/c20-13-11-23(16-4-2-10-30-16)19(28)24(17(13)26)12-15(25)21-5-7-22(8-6-21)18(27)14-3-1-9-29-14/h1,3,9,11,16H,2,4-8,10,12H2. The minimum atomic E-state index is -1.14. The summed E-state index contributed by atoms with van der Waals surface area (Å²) in [7, 11) is 0. The van der Waals surface area contributed by atoms with E-state index < -0.39 is 35.7 Å². The first-order valence-corrected chi connectivity index (χ1v) is 9.69. The minimum Gasteiger partial charge on any atom is -0.459 e. The van der Waals surface area contributed by atoms with Crippen molar-refractivity contribution >= 4 is 11.8 Å². The molecule has 0 saturated carbocycles. The van der Waals surface area contributed by atoms with Crippen LogP contribution in [0, 0.1) is 5.82 Å². The van der Waals surface area contributed by atoms with Crippen LogP contribution in [0.3, 0.4) is 0 Å². The van der Waals surface area contributed by atoms with E-state index in [2.05, 4.69) is 0 Å². The highest BCUT2D eigenvalue weighted by atomic mass is 19.1. The maximum atomic E-state index is 14.1. The summed E-state index contributed by atoms with van der Waals surface area (Å²) in [4.78, 5) is 52.8. The van der Waals surface area contributed by atoms with E-state index in [0.29, 0.717) is 17.6 Å². The number of nitrogens with zero attached hydrogens (tertiary/aromatic N) is 4. The van der Waals surface area contributed by atoms with Crippen LogP contribution >= 0.6 is 0 Å². The molecule has 0 N–H and O–H groups in total. The van der Waals surface area contributed by atoms with Crippen molar-refractivity contribution in [3.63, 3.8) is 0 Å². The monoisotopic (exact) mass is 420 g/mol. The summed E-state index contributed by atoms with van der Waals surface area (Å²) in [6.07, 6.45) is 2.84. The normalized spacial score (nSPS) is 19.3. The summed E-state index contributed by atoms with van der Waals surface area (Å²) in [5.41, 5.74) is -1.93. The summed E-state index contributed by atoms with van der Waals surface area (Å²) in [5, 5.41) is 0. The van der Waals surface area contributed by atoms with E-state index in [-0.39, 0.29) is 37.8 Å². The van der Waals surface area contributed by atoms with Gasteiger partial charge in [-0.2, -0.15) is 4.39 Å².